The van der Waals surface area contributed by atoms with E-state index in [1.807, 2.05) is 18.2 Å². The second kappa shape index (κ2) is 10.4. The molecule has 1 unspecified atom stereocenters. The molecule has 1 aliphatic carbocycles. The molecule has 1 N–H and O–H groups in total. The fourth-order valence-electron chi connectivity index (χ4n) is 2.49. The third-order valence-corrected chi connectivity index (χ3v) is 3.68. The van der Waals surface area contributed by atoms with Crippen LogP contribution >= 0.6 is 0 Å². The quantitative estimate of drug-likeness (QED) is 0.322. The zero-order valence-electron chi connectivity index (χ0n) is 13.7. The van der Waals surface area contributed by atoms with E-state index in [9.17, 15) is 14.7 Å². The Kier molecular flexibility index (Phi) is 9.34. The van der Waals surface area contributed by atoms with Gasteiger partial charge in [0.2, 0.25) is 5.91 Å². The molecule has 1 fully saturated rings. The molecule has 1 amide bonds. The van der Waals surface area contributed by atoms with E-state index in [0.29, 0.717) is 38.4 Å². The molecule has 1 heterocycles. The zero-order chi connectivity index (χ0) is 15.9. The normalized spacial score (nSPS) is 19.4. The van der Waals surface area contributed by atoms with Crippen molar-refractivity contribution in [3.63, 3.8) is 0 Å². The van der Waals surface area contributed by atoms with Gasteiger partial charge >= 0.3 is 51.4 Å². The van der Waals surface area contributed by atoms with E-state index in [1.165, 1.54) is 6.08 Å². The fraction of sp³-hybridized carbons (Fsp3) is 0.500. The second-order valence-corrected chi connectivity index (χ2v) is 5.35. The van der Waals surface area contributed by atoms with Crippen LogP contribution in [0.5, 0.6) is 0 Å². The summed E-state index contributed by atoms with van der Waals surface area (Å²) >= 11 is 0. The number of aliphatic carboxylic acids is 1. The van der Waals surface area contributed by atoms with Crippen LogP contribution in [0.25, 0.3) is 0 Å². The molecule has 7 heteroatoms. The molecular formula is C16H21KN2O4. The maximum atomic E-state index is 12.1. The number of amides is 1. The van der Waals surface area contributed by atoms with Gasteiger partial charge in [0, 0.05) is 24.9 Å². The van der Waals surface area contributed by atoms with Crippen LogP contribution < -0.4 is 61.8 Å². The Morgan fingerprint density at radius 3 is 2.61 bits per heavy atom. The van der Waals surface area contributed by atoms with E-state index < -0.39 is 12.0 Å². The van der Waals surface area contributed by atoms with Gasteiger partial charge in [-0.2, -0.15) is 0 Å². The Hall–Kier alpha value is -0.444. The molecule has 0 radical (unpaired) electrons. The first-order valence-corrected chi connectivity index (χ1v) is 7.44. The standard InChI is InChI=1S/C16H22N2O4.K/c1-12(11-14(19)18-7-9-22-10-8-18)17-15(16(20)21)13-5-3-2-4-6-13;/h2-3,6,11,15,17H,4-5,7-10H2,1H3,(H,20,21);/q;+1/p-1/b12-11-;. The molecule has 0 spiro atoms. The van der Waals surface area contributed by atoms with E-state index in [0.717, 1.165) is 12.0 Å². The summed E-state index contributed by atoms with van der Waals surface area (Å²) in [4.78, 5) is 25.1. The van der Waals surface area contributed by atoms with Gasteiger partial charge in [-0.15, -0.1) is 0 Å². The number of allylic oxidation sites excluding steroid dienone is 4. The van der Waals surface area contributed by atoms with Crippen molar-refractivity contribution in [3.8, 4) is 0 Å². The van der Waals surface area contributed by atoms with Crippen molar-refractivity contribution >= 4 is 11.9 Å². The number of carbonyl (C=O) groups excluding carboxylic acids is 2. The third kappa shape index (κ3) is 6.52. The third-order valence-electron chi connectivity index (χ3n) is 3.68. The molecule has 23 heavy (non-hydrogen) atoms. The van der Waals surface area contributed by atoms with E-state index in [2.05, 4.69) is 5.32 Å². The van der Waals surface area contributed by atoms with Crippen LogP contribution in [0.2, 0.25) is 0 Å². The Bertz CT molecular complexity index is 522. The maximum Gasteiger partial charge on any atom is 1.00 e. The molecule has 0 bridgehead atoms. The van der Waals surface area contributed by atoms with E-state index >= 15 is 0 Å². The Morgan fingerprint density at radius 2 is 2.04 bits per heavy atom. The first kappa shape index (κ1) is 20.6. The van der Waals surface area contributed by atoms with Crippen molar-refractivity contribution in [1.82, 2.24) is 10.2 Å². The van der Waals surface area contributed by atoms with Crippen LogP contribution in [0, 0.1) is 0 Å². The summed E-state index contributed by atoms with van der Waals surface area (Å²) in [5.41, 5.74) is 1.27. The van der Waals surface area contributed by atoms with Crippen molar-refractivity contribution in [2.45, 2.75) is 25.8 Å². The summed E-state index contributed by atoms with van der Waals surface area (Å²) in [5, 5.41) is 14.2. The molecule has 0 aromatic rings. The monoisotopic (exact) mass is 344 g/mol. The number of carbonyl (C=O) groups is 2. The van der Waals surface area contributed by atoms with Gasteiger partial charge in [0.05, 0.1) is 25.2 Å². The minimum absolute atomic E-state index is 0. The summed E-state index contributed by atoms with van der Waals surface area (Å²) in [6.45, 7) is 3.87. The van der Waals surface area contributed by atoms with Gasteiger partial charge in [-0.3, -0.25) is 4.79 Å². The van der Waals surface area contributed by atoms with Gasteiger partial charge in [0.25, 0.3) is 0 Å². The number of carboxylic acid groups (broad SMARTS) is 1. The first-order chi connectivity index (χ1) is 10.6. The molecule has 1 saturated heterocycles. The topological polar surface area (TPSA) is 81.7 Å². The van der Waals surface area contributed by atoms with E-state index in [4.69, 9.17) is 4.74 Å². The van der Waals surface area contributed by atoms with Crippen molar-refractivity contribution in [2.24, 2.45) is 0 Å². The Labute approximate surface area is 179 Å². The number of ether oxygens (including phenoxy) is 1. The smallest absolute Gasteiger partial charge is 0.548 e. The van der Waals surface area contributed by atoms with Crippen LogP contribution in [0.1, 0.15) is 19.8 Å². The number of hydrogen-bond donors (Lipinski definition) is 1. The van der Waals surface area contributed by atoms with E-state index in [1.54, 1.807) is 11.8 Å². The van der Waals surface area contributed by atoms with Gasteiger partial charge in [-0.1, -0.05) is 18.2 Å². The fourth-order valence-corrected chi connectivity index (χ4v) is 2.49. The van der Waals surface area contributed by atoms with Crippen LogP contribution in [0.4, 0.5) is 0 Å². The van der Waals surface area contributed by atoms with Crippen molar-refractivity contribution in [2.75, 3.05) is 26.3 Å². The van der Waals surface area contributed by atoms with Crippen molar-refractivity contribution in [1.29, 1.82) is 0 Å². The first-order valence-electron chi connectivity index (χ1n) is 7.44. The molecule has 0 aromatic carbocycles. The van der Waals surface area contributed by atoms with Gasteiger partial charge in [0.1, 0.15) is 0 Å². The van der Waals surface area contributed by atoms with Crippen molar-refractivity contribution < 1.29 is 70.8 Å². The summed E-state index contributed by atoms with van der Waals surface area (Å²) in [5.74, 6) is -1.32. The molecule has 6 nitrogen and oxygen atoms in total. The largest absolute Gasteiger partial charge is 1.00 e. The molecular weight excluding hydrogens is 323 g/mol. The van der Waals surface area contributed by atoms with Crippen molar-refractivity contribution in [3.05, 3.63) is 35.6 Å². The van der Waals surface area contributed by atoms with Crippen LogP contribution in [0.3, 0.4) is 0 Å². The number of nitrogens with zero attached hydrogens (tertiary/aromatic N) is 1. The number of morpholine rings is 1. The molecule has 1 aliphatic heterocycles. The minimum Gasteiger partial charge on any atom is -0.548 e. The number of carboxylic acids is 1. The number of nitrogens with one attached hydrogen (secondary N) is 1. The predicted molar refractivity (Wildman–Crippen MR) is 79.5 cm³/mol. The molecule has 2 aliphatic rings. The molecule has 0 saturated carbocycles. The number of hydrogen-bond acceptors (Lipinski definition) is 5. The van der Waals surface area contributed by atoms with E-state index in [-0.39, 0.29) is 57.3 Å². The van der Waals surface area contributed by atoms with Crippen LogP contribution in [-0.2, 0) is 14.3 Å². The molecule has 1 atom stereocenters. The molecule has 120 valence electrons. The minimum atomic E-state index is -1.19. The number of rotatable bonds is 5. The predicted octanol–water partition coefficient (Wildman–Crippen LogP) is -3.26. The van der Waals surface area contributed by atoms with Gasteiger partial charge < -0.3 is 24.9 Å². The molecule has 0 aromatic heterocycles. The Morgan fingerprint density at radius 1 is 1.35 bits per heavy atom. The molecule has 2 rings (SSSR count). The summed E-state index contributed by atoms with van der Waals surface area (Å²) in [6.07, 6.45) is 8.53. The zero-order valence-corrected chi connectivity index (χ0v) is 16.8. The summed E-state index contributed by atoms with van der Waals surface area (Å²) in [6, 6.07) is -0.904. The average molecular weight is 344 g/mol. The average Bonchev–Trinajstić information content (AvgIpc) is 2.54. The van der Waals surface area contributed by atoms with Gasteiger partial charge in [-0.25, -0.2) is 0 Å². The Balaban J connectivity index is 0.00000264. The maximum absolute atomic E-state index is 12.1. The van der Waals surface area contributed by atoms with Crippen LogP contribution in [0.15, 0.2) is 35.6 Å². The summed E-state index contributed by atoms with van der Waals surface area (Å²) in [7, 11) is 0. The van der Waals surface area contributed by atoms with Gasteiger partial charge in [0.15, 0.2) is 0 Å². The van der Waals surface area contributed by atoms with Crippen LogP contribution in [-0.4, -0.2) is 49.1 Å². The summed E-state index contributed by atoms with van der Waals surface area (Å²) < 4.78 is 5.20. The SMILES string of the molecule is C/C(=C/C(=O)N1CCOCC1)NC(C(=O)[O-])C1=CCC=CC1.[K+]. The van der Waals surface area contributed by atoms with Gasteiger partial charge in [-0.05, 0) is 25.3 Å². The second-order valence-electron chi connectivity index (χ2n) is 5.35.